The van der Waals surface area contributed by atoms with E-state index in [-0.39, 0.29) is 5.69 Å². The molecule has 0 aliphatic heterocycles. The van der Waals surface area contributed by atoms with E-state index in [0.29, 0.717) is 29.1 Å². The summed E-state index contributed by atoms with van der Waals surface area (Å²) in [4.78, 5) is 8.32. The molecule has 0 amide bonds. The zero-order chi connectivity index (χ0) is 22.0. The number of fused-ring (bicyclic) bond motifs is 1. The van der Waals surface area contributed by atoms with Crippen LogP contribution in [0.1, 0.15) is 17.1 Å². The molecule has 0 aliphatic carbocycles. The minimum absolute atomic E-state index is 0.292. The monoisotopic (exact) mass is 433 g/mol. The smallest absolute Gasteiger partial charge is 0.306 e. The van der Waals surface area contributed by atoms with Crippen LogP contribution in [0, 0.1) is 0 Å². The van der Waals surface area contributed by atoms with Gasteiger partial charge in [0.05, 0.1) is 24.3 Å². The van der Waals surface area contributed by atoms with Gasteiger partial charge in [0.2, 0.25) is 0 Å². The Kier molecular flexibility index (Phi) is 5.02. The summed E-state index contributed by atoms with van der Waals surface area (Å²) in [5, 5.41) is 14.1. The number of hydrogen-bond acceptors (Lipinski definition) is 7. The normalized spacial score (nSPS) is 11.7. The molecule has 8 nitrogen and oxygen atoms in total. The van der Waals surface area contributed by atoms with Gasteiger partial charge in [0.25, 0.3) is 0 Å². The number of aromatic nitrogens is 6. The summed E-state index contributed by atoms with van der Waals surface area (Å²) < 4.78 is 36.5. The minimum Gasteiger partial charge on any atom is -0.440 e. The largest absolute Gasteiger partial charge is 0.440 e. The highest BCUT2D eigenvalue weighted by atomic mass is 19.3. The van der Waals surface area contributed by atoms with Crippen LogP contribution in [0.25, 0.3) is 16.8 Å². The lowest BCUT2D eigenvalue weighted by Gasteiger charge is -2.17. The number of benzene rings is 2. The molecule has 0 atom stereocenters. The lowest BCUT2D eigenvalue weighted by Crippen LogP contribution is -2.25. The number of pyridine rings is 1. The maximum absolute atomic E-state index is 14.5. The number of halogens is 2. The summed E-state index contributed by atoms with van der Waals surface area (Å²) in [6.07, 6.45) is 3.24. The van der Waals surface area contributed by atoms with Crippen molar-refractivity contribution in [3.8, 4) is 5.69 Å². The van der Waals surface area contributed by atoms with E-state index in [2.05, 4.69) is 30.8 Å². The Labute approximate surface area is 180 Å². The lowest BCUT2D eigenvalue weighted by molar-refractivity contribution is 0.00602. The highest BCUT2D eigenvalue weighted by Gasteiger charge is 2.33. The van der Waals surface area contributed by atoms with E-state index in [9.17, 15) is 8.78 Å². The van der Waals surface area contributed by atoms with Gasteiger partial charge in [0.1, 0.15) is 17.5 Å². The van der Waals surface area contributed by atoms with Crippen molar-refractivity contribution in [3.63, 3.8) is 0 Å². The minimum atomic E-state index is -3.14. The molecule has 1 N–H and O–H groups in total. The first-order valence-electron chi connectivity index (χ1n) is 9.83. The Morgan fingerprint density at radius 1 is 1.00 bits per heavy atom. The van der Waals surface area contributed by atoms with Crippen LogP contribution in [0.15, 0.2) is 77.6 Å². The van der Waals surface area contributed by atoms with Crippen molar-refractivity contribution in [2.75, 3.05) is 11.9 Å². The molecule has 3 heterocycles. The van der Waals surface area contributed by atoms with Gasteiger partial charge >= 0.3 is 5.92 Å². The summed E-state index contributed by atoms with van der Waals surface area (Å²) in [6.45, 7) is -0.618. The van der Waals surface area contributed by atoms with Crippen LogP contribution in [0.3, 0.4) is 0 Å². The second-order valence-electron chi connectivity index (χ2n) is 7.09. The van der Waals surface area contributed by atoms with Crippen LogP contribution >= 0.6 is 0 Å². The summed E-state index contributed by atoms with van der Waals surface area (Å²) in [7, 11) is 0. The van der Waals surface area contributed by atoms with Crippen LogP contribution in [0.2, 0.25) is 0 Å². The fraction of sp³-hybridized carbons (Fsp3) is 0.136. The molecule has 0 spiro atoms. The van der Waals surface area contributed by atoms with Gasteiger partial charge in [-0.1, -0.05) is 30.3 Å². The maximum Gasteiger partial charge on any atom is 0.306 e. The zero-order valence-corrected chi connectivity index (χ0v) is 16.7. The Balaban J connectivity index is 1.40. The lowest BCUT2D eigenvalue weighted by atomic mass is 10.1. The molecule has 3 aromatic heterocycles. The number of oxazole rings is 1. The van der Waals surface area contributed by atoms with Crippen molar-refractivity contribution in [1.29, 1.82) is 0 Å². The molecule has 0 unspecified atom stereocenters. The third-order valence-electron chi connectivity index (χ3n) is 4.93. The fourth-order valence-electron chi connectivity index (χ4n) is 3.41. The molecule has 5 rings (SSSR count). The Morgan fingerprint density at radius 2 is 1.88 bits per heavy atom. The number of nitrogens with one attached hydrogen (secondary N) is 1. The average molecular weight is 433 g/mol. The molecule has 0 radical (unpaired) electrons. The number of anilines is 1. The predicted molar refractivity (Wildman–Crippen MR) is 113 cm³/mol. The zero-order valence-electron chi connectivity index (χ0n) is 16.7. The molecule has 0 aliphatic rings. The molecular weight excluding hydrogens is 416 g/mol. The number of hydrogen-bond donors (Lipinski definition) is 1. The third-order valence-corrected chi connectivity index (χ3v) is 4.93. The first-order chi connectivity index (χ1) is 15.6. The second kappa shape index (κ2) is 8.14. The summed E-state index contributed by atoms with van der Waals surface area (Å²) in [5.41, 5.74) is 2.86. The van der Waals surface area contributed by atoms with Gasteiger partial charge in [0.15, 0.2) is 11.5 Å². The van der Waals surface area contributed by atoms with E-state index in [1.165, 1.54) is 24.7 Å². The van der Waals surface area contributed by atoms with Crippen molar-refractivity contribution >= 4 is 16.8 Å². The molecular formula is C22H17F2N7O. The topological polar surface area (TPSA) is 94.6 Å². The van der Waals surface area contributed by atoms with Crippen LogP contribution in [-0.4, -0.2) is 36.7 Å². The van der Waals surface area contributed by atoms with Gasteiger partial charge in [-0.15, -0.1) is 5.10 Å². The van der Waals surface area contributed by atoms with Gasteiger partial charge in [-0.2, -0.15) is 8.78 Å². The van der Waals surface area contributed by atoms with Crippen LogP contribution in [0.4, 0.5) is 14.5 Å². The number of nitrogens with zero attached hydrogens (tertiary/aromatic N) is 6. The number of rotatable bonds is 7. The van der Waals surface area contributed by atoms with Crippen molar-refractivity contribution in [1.82, 2.24) is 30.2 Å². The van der Waals surface area contributed by atoms with E-state index in [1.54, 1.807) is 28.9 Å². The van der Waals surface area contributed by atoms with Gasteiger partial charge in [0, 0.05) is 6.20 Å². The molecule has 0 fully saturated rings. The molecule has 5 aromatic rings. The van der Waals surface area contributed by atoms with Gasteiger partial charge < -0.3 is 9.73 Å². The average Bonchev–Trinajstić information content (AvgIpc) is 3.49. The summed E-state index contributed by atoms with van der Waals surface area (Å²) in [6, 6.07) is 17.2. The van der Waals surface area contributed by atoms with Crippen LogP contribution in [-0.2, 0) is 12.3 Å². The van der Waals surface area contributed by atoms with Gasteiger partial charge in [-0.3, -0.25) is 4.98 Å². The Hall–Kier alpha value is -4.21. The summed E-state index contributed by atoms with van der Waals surface area (Å²) in [5.74, 6) is -2.69. The van der Waals surface area contributed by atoms with Crippen molar-refractivity contribution in [2.24, 2.45) is 0 Å². The van der Waals surface area contributed by atoms with Crippen molar-refractivity contribution in [3.05, 3.63) is 90.3 Å². The molecule has 32 heavy (non-hydrogen) atoms. The van der Waals surface area contributed by atoms with Crippen LogP contribution < -0.4 is 5.32 Å². The predicted octanol–water partition coefficient (Wildman–Crippen LogP) is 3.99. The highest BCUT2D eigenvalue weighted by molar-refractivity contribution is 5.86. The molecule has 0 saturated heterocycles. The second-order valence-corrected chi connectivity index (χ2v) is 7.09. The number of alkyl halides is 2. The SMILES string of the molecule is FC(F)(CNc1cccc2oc(Cc3ccccc3-n3cnnn3)nc12)c1ccccn1. The molecule has 10 heteroatoms. The first kappa shape index (κ1) is 19.7. The quantitative estimate of drug-likeness (QED) is 0.415. The van der Waals surface area contributed by atoms with Crippen molar-refractivity contribution < 1.29 is 13.2 Å². The van der Waals surface area contributed by atoms with E-state index >= 15 is 0 Å². The van der Waals surface area contributed by atoms with Crippen LogP contribution in [0.5, 0.6) is 0 Å². The first-order valence-corrected chi connectivity index (χ1v) is 9.83. The fourth-order valence-corrected chi connectivity index (χ4v) is 3.41. The molecule has 0 bridgehead atoms. The number of para-hydroxylation sites is 2. The third kappa shape index (κ3) is 3.89. The highest BCUT2D eigenvalue weighted by Crippen LogP contribution is 2.30. The van der Waals surface area contributed by atoms with E-state index < -0.39 is 12.5 Å². The van der Waals surface area contributed by atoms with Gasteiger partial charge in [-0.05, 0) is 46.3 Å². The summed E-state index contributed by atoms with van der Waals surface area (Å²) >= 11 is 0. The Morgan fingerprint density at radius 3 is 2.69 bits per heavy atom. The molecule has 0 saturated carbocycles. The van der Waals surface area contributed by atoms with E-state index in [4.69, 9.17) is 4.42 Å². The molecule has 2 aromatic carbocycles. The molecule has 160 valence electrons. The number of tetrazole rings is 1. The Bertz CT molecular complexity index is 1340. The van der Waals surface area contributed by atoms with Crippen molar-refractivity contribution in [2.45, 2.75) is 12.3 Å². The van der Waals surface area contributed by atoms with E-state index in [1.807, 2.05) is 24.3 Å². The standard InChI is InChI=1S/C22H17F2N7O/c23-22(24,19-10-3-4-11-25-19)13-26-16-7-5-9-18-21(16)28-20(32-18)12-15-6-1-2-8-17(15)31-14-27-29-30-31/h1-11,14,26H,12-13H2. The van der Waals surface area contributed by atoms with E-state index in [0.717, 1.165) is 11.3 Å². The maximum atomic E-state index is 14.5. The van der Waals surface area contributed by atoms with Gasteiger partial charge in [-0.25, -0.2) is 9.67 Å².